The van der Waals surface area contributed by atoms with Crippen molar-refractivity contribution in [3.8, 4) is 10.6 Å². The molecule has 1 fully saturated rings. The van der Waals surface area contributed by atoms with Crippen molar-refractivity contribution in [2.45, 2.75) is 25.3 Å². The normalized spacial score (nSPS) is 18.5. The van der Waals surface area contributed by atoms with Gasteiger partial charge in [0.05, 0.1) is 10.6 Å². The van der Waals surface area contributed by atoms with Gasteiger partial charge in [-0.15, -0.1) is 11.3 Å². The van der Waals surface area contributed by atoms with E-state index in [0.29, 0.717) is 5.92 Å². The molecule has 0 amide bonds. The molecule has 26 heavy (non-hydrogen) atoms. The Morgan fingerprint density at radius 2 is 2.15 bits per heavy atom. The molecule has 0 saturated carbocycles. The number of hydrogen-bond acceptors (Lipinski definition) is 5. The summed E-state index contributed by atoms with van der Waals surface area (Å²) in [6.45, 7) is 3.12. The standard InChI is InChI=1S/C20H20N4OS/c1-2-6-18-16(5-1)22-20(25-18)14-4-3-11-24(12-14)13-15-7-8-19(26-15)17-9-10-21-23-17/h1-2,5-10,14H,3-4,11-13H2,(H,21,23). The lowest BCUT2D eigenvalue weighted by Crippen LogP contribution is -2.33. The highest BCUT2D eigenvalue weighted by molar-refractivity contribution is 7.15. The topological polar surface area (TPSA) is 58.0 Å². The lowest BCUT2D eigenvalue weighted by Gasteiger charge is -2.30. The molecular weight excluding hydrogens is 344 g/mol. The van der Waals surface area contributed by atoms with Crippen molar-refractivity contribution in [2.75, 3.05) is 13.1 Å². The predicted octanol–water partition coefficient (Wildman–Crippen LogP) is 4.66. The minimum absolute atomic E-state index is 0.378. The van der Waals surface area contributed by atoms with Gasteiger partial charge < -0.3 is 4.42 Å². The van der Waals surface area contributed by atoms with E-state index in [-0.39, 0.29) is 0 Å². The molecule has 1 N–H and O–H groups in total. The largest absolute Gasteiger partial charge is 0.440 e. The van der Waals surface area contributed by atoms with Gasteiger partial charge in [-0.1, -0.05) is 12.1 Å². The van der Waals surface area contributed by atoms with Gasteiger partial charge in [0.25, 0.3) is 0 Å². The molecule has 0 radical (unpaired) electrons. The molecule has 0 bridgehead atoms. The fraction of sp³-hybridized carbons (Fsp3) is 0.300. The number of nitrogens with zero attached hydrogens (tertiary/aromatic N) is 3. The Morgan fingerprint density at radius 1 is 1.19 bits per heavy atom. The highest BCUT2D eigenvalue weighted by Crippen LogP contribution is 2.32. The number of aromatic nitrogens is 3. The fourth-order valence-electron chi connectivity index (χ4n) is 3.69. The number of nitrogens with one attached hydrogen (secondary N) is 1. The third kappa shape index (κ3) is 3.06. The number of likely N-dealkylation sites (tertiary alicyclic amines) is 1. The number of thiophene rings is 1. The zero-order valence-electron chi connectivity index (χ0n) is 14.4. The van der Waals surface area contributed by atoms with Crippen molar-refractivity contribution < 1.29 is 4.42 Å². The summed E-state index contributed by atoms with van der Waals surface area (Å²) in [5.74, 6) is 1.27. The van der Waals surface area contributed by atoms with Gasteiger partial charge in [0.1, 0.15) is 5.52 Å². The second-order valence-corrected chi connectivity index (χ2v) is 8.00. The Kier molecular flexibility index (Phi) is 4.07. The summed E-state index contributed by atoms with van der Waals surface area (Å²) < 4.78 is 6.01. The Balaban J connectivity index is 1.30. The molecule has 6 heteroatoms. The first-order chi connectivity index (χ1) is 12.8. The van der Waals surface area contributed by atoms with Gasteiger partial charge in [0.15, 0.2) is 11.5 Å². The van der Waals surface area contributed by atoms with Gasteiger partial charge in [-0.2, -0.15) is 5.10 Å². The van der Waals surface area contributed by atoms with Gasteiger partial charge in [-0.3, -0.25) is 10.00 Å². The van der Waals surface area contributed by atoms with Gasteiger partial charge in [0.2, 0.25) is 0 Å². The van der Waals surface area contributed by atoms with Crippen LogP contribution in [-0.4, -0.2) is 33.2 Å². The van der Waals surface area contributed by atoms with Crippen LogP contribution in [0.5, 0.6) is 0 Å². The van der Waals surface area contributed by atoms with Crippen LogP contribution in [0.15, 0.2) is 53.1 Å². The molecule has 1 aliphatic rings. The van der Waals surface area contributed by atoms with E-state index in [9.17, 15) is 0 Å². The van der Waals surface area contributed by atoms with Crippen molar-refractivity contribution in [1.82, 2.24) is 20.1 Å². The predicted molar refractivity (Wildman–Crippen MR) is 103 cm³/mol. The maximum atomic E-state index is 6.01. The Bertz CT molecular complexity index is 971. The van der Waals surface area contributed by atoms with Crippen molar-refractivity contribution in [3.05, 3.63) is 59.4 Å². The Labute approximate surface area is 155 Å². The average molecular weight is 364 g/mol. The molecule has 5 nitrogen and oxygen atoms in total. The van der Waals surface area contributed by atoms with Gasteiger partial charge >= 0.3 is 0 Å². The second kappa shape index (κ2) is 6.70. The van der Waals surface area contributed by atoms with Crippen LogP contribution >= 0.6 is 11.3 Å². The van der Waals surface area contributed by atoms with Crippen molar-refractivity contribution >= 4 is 22.4 Å². The van der Waals surface area contributed by atoms with Crippen LogP contribution in [-0.2, 0) is 6.54 Å². The molecule has 0 aliphatic carbocycles. The molecule has 4 aromatic rings. The summed E-state index contributed by atoms with van der Waals surface area (Å²) in [6, 6.07) is 14.4. The SMILES string of the molecule is c1ccc2oc(C3CCCN(Cc4ccc(-c5ccn[nH]5)s4)C3)nc2c1. The highest BCUT2D eigenvalue weighted by Gasteiger charge is 2.25. The molecule has 4 heterocycles. The van der Waals surface area contributed by atoms with E-state index in [2.05, 4.69) is 27.2 Å². The number of para-hydroxylation sites is 2. The number of piperidine rings is 1. The number of oxazole rings is 1. The maximum Gasteiger partial charge on any atom is 0.199 e. The summed E-state index contributed by atoms with van der Waals surface area (Å²) in [7, 11) is 0. The molecular formula is C20H20N4OS. The van der Waals surface area contributed by atoms with E-state index in [1.54, 1.807) is 6.20 Å². The van der Waals surface area contributed by atoms with Crippen molar-refractivity contribution in [2.24, 2.45) is 0 Å². The Hall–Kier alpha value is -2.44. The van der Waals surface area contributed by atoms with Crippen molar-refractivity contribution in [3.63, 3.8) is 0 Å². The minimum Gasteiger partial charge on any atom is -0.440 e. The van der Waals surface area contributed by atoms with Crippen LogP contribution in [0.4, 0.5) is 0 Å². The summed E-state index contributed by atoms with van der Waals surface area (Å²) in [5.41, 5.74) is 2.94. The number of benzene rings is 1. The number of H-pyrrole nitrogens is 1. The maximum absolute atomic E-state index is 6.01. The molecule has 1 aliphatic heterocycles. The minimum atomic E-state index is 0.378. The molecule has 132 valence electrons. The quantitative estimate of drug-likeness (QED) is 0.572. The van der Waals surface area contributed by atoms with Crippen LogP contribution in [0, 0.1) is 0 Å². The lowest BCUT2D eigenvalue weighted by molar-refractivity contribution is 0.188. The van der Waals surface area contributed by atoms with Crippen LogP contribution in [0.3, 0.4) is 0 Å². The molecule has 1 aromatic carbocycles. The zero-order valence-corrected chi connectivity index (χ0v) is 15.2. The van der Waals surface area contributed by atoms with E-state index in [1.165, 1.54) is 16.2 Å². The number of rotatable bonds is 4. The molecule has 1 saturated heterocycles. The van der Waals surface area contributed by atoms with Crippen molar-refractivity contribution in [1.29, 1.82) is 0 Å². The first-order valence-corrected chi connectivity index (χ1v) is 9.83. The lowest BCUT2D eigenvalue weighted by atomic mass is 9.98. The number of aromatic amines is 1. The molecule has 1 atom stereocenters. The zero-order chi connectivity index (χ0) is 17.3. The Morgan fingerprint density at radius 3 is 3.04 bits per heavy atom. The van der Waals surface area contributed by atoms with Gasteiger partial charge in [-0.25, -0.2) is 4.98 Å². The van der Waals surface area contributed by atoms with Gasteiger partial charge in [-0.05, 0) is 49.7 Å². The van der Waals surface area contributed by atoms with E-state index in [0.717, 1.165) is 48.7 Å². The summed E-state index contributed by atoms with van der Waals surface area (Å²) in [6.07, 6.45) is 4.12. The van der Waals surface area contributed by atoms with Crippen LogP contribution < -0.4 is 0 Å². The highest BCUT2D eigenvalue weighted by atomic mass is 32.1. The first-order valence-electron chi connectivity index (χ1n) is 9.01. The number of fused-ring (bicyclic) bond motifs is 1. The second-order valence-electron chi connectivity index (χ2n) is 6.83. The third-order valence-corrected chi connectivity index (χ3v) is 6.08. The molecule has 3 aromatic heterocycles. The summed E-state index contributed by atoms with van der Waals surface area (Å²) in [4.78, 5) is 9.86. The van der Waals surface area contributed by atoms with E-state index in [1.807, 2.05) is 41.7 Å². The van der Waals surface area contributed by atoms with E-state index >= 15 is 0 Å². The van der Waals surface area contributed by atoms with Crippen LogP contribution in [0.1, 0.15) is 29.5 Å². The average Bonchev–Trinajstić information content (AvgIpc) is 3.41. The number of hydrogen-bond donors (Lipinski definition) is 1. The summed E-state index contributed by atoms with van der Waals surface area (Å²) in [5, 5.41) is 7.08. The monoisotopic (exact) mass is 364 g/mol. The molecule has 5 rings (SSSR count). The fourth-order valence-corrected chi connectivity index (χ4v) is 4.71. The first kappa shape index (κ1) is 15.8. The smallest absolute Gasteiger partial charge is 0.199 e. The van der Waals surface area contributed by atoms with E-state index < -0.39 is 0 Å². The van der Waals surface area contributed by atoms with E-state index in [4.69, 9.17) is 9.40 Å². The molecule has 0 spiro atoms. The summed E-state index contributed by atoms with van der Waals surface area (Å²) >= 11 is 1.83. The molecule has 1 unspecified atom stereocenters. The van der Waals surface area contributed by atoms with Crippen LogP contribution in [0.2, 0.25) is 0 Å². The van der Waals surface area contributed by atoms with Gasteiger partial charge in [0, 0.05) is 30.1 Å². The third-order valence-electron chi connectivity index (χ3n) is 4.97. The van der Waals surface area contributed by atoms with Crippen LogP contribution in [0.25, 0.3) is 21.7 Å².